The summed E-state index contributed by atoms with van der Waals surface area (Å²) in [5.74, 6) is 0.642. The van der Waals surface area contributed by atoms with Crippen molar-refractivity contribution < 1.29 is 18.7 Å². The number of halogens is 1. The van der Waals surface area contributed by atoms with Crippen LogP contribution >= 0.6 is 22.9 Å². The molecule has 1 atom stereocenters. The fraction of sp³-hybridized carbons (Fsp3) is 0.194. The van der Waals surface area contributed by atoms with Crippen molar-refractivity contribution in [3.8, 4) is 11.5 Å². The van der Waals surface area contributed by atoms with Gasteiger partial charge in [0.15, 0.2) is 22.1 Å². The average molecular weight is 573 g/mol. The van der Waals surface area contributed by atoms with E-state index in [0.29, 0.717) is 51.4 Å². The first-order chi connectivity index (χ1) is 19.4. The van der Waals surface area contributed by atoms with Crippen LogP contribution in [0.5, 0.6) is 11.5 Å². The highest BCUT2D eigenvalue weighted by atomic mass is 35.5. The third kappa shape index (κ3) is 4.53. The van der Waals surface area contributed by atoms with E-state index in [1.54, 1.807) is 18.2 Å². The fourth-order valence-corrected chi connectivity index (χ4v) is 5.94. The van der Waals surface area contributed by atoms with E-state index in [1.807, 2.05) is 69.3 Å². The molecule has 0 fully saturated rings. The van der Waals surface area contributed by atoms with E-state index in [2.05, 4.69) is 4.98 Å². The van der Waals surface area contributed by atoms with Crippen molar-refractivity contribution in [2.24, 2.45) is 0 Å². The molecule has 0 radical (unpaired) electrons. The number of benzene rings is 3. The van der Waals surface area contributed by atoms with Gasteiger partial charge in [-0.15, -0.1) is 11.3 Å². The molecule has 1 amide bonds. The number of hydrogen-bond donors (Lipinski definition) is 0. The molecular weight excluding hydrogens is 548 g/mol. The molecule has 1 aliphatic rings. The predicted molar refractivity (Wildman–Crippen MR) is 156 cm³/mol. The van der Waals surface area contributed by atoms with Crippen LogP contribution in [0.2, 0.25) is 5.02 Å². The Hall–Kier alpha value is -4.14. The maximum Gasteiger partial charge on any atom is 0.297 e. The Labute approximate surface area is 239 Å². The molecule has 3 heterocycles. The highest BCUT2D eigenvalue weighted by Crippen LogP contribution is 2.45. The number of thiazole rings is 1. The lowest BCUT2D eigenvalue weighted by Crippen LogP contribution is -2.29. The van der Waals surface area contributed by atoms with Crippen molar-refractivity contribution >= 4 is 44.9 Å². The molecule has 0 spiro atoms. The highest BCUT2D eigenvalue weighted by Gasteiger charge is 2.45. The van der Waals surface area contributed by atoms with Crippen LogP contribution in [0.4, 0.5) is 5.13 Å². The monoisotopic (exact) mass is 572 g/mol. The third-order valence-electron chi connectivity index (χ3n) is 6.88. The number of fused-ring (bicyclic) bond motifs is 2. The lowest BCUT2D eigenvalue weighted by atomic mass is 9.98. The van der Waals surface area contributed by atoms with Gasteiger partial charge in [-0.2, -0.15) is 0 Å². The molecule has 40 heavy (non-hydrogen) atoms. The second-order valence-electron chi connectivity index (χ2n) is 9.44. The van der Waals surface area contributed by atoms with E-state index >= 15 is 0 Å². The minimum Gasteiger partial charge on any atom is -0.490 e. The maximum absolute atomic E-state index is 13.9. The van der Waals surface area contributed by atoms with Crippen LogP contribution in [0.1, 0.15) is 50.8 Å². The molecule has 1 aliphatic heterocycles. The zero-order chi connectivity index (χ0) is 28.0. The molecule has 0 saturated carbocycles. The van der Waals surface area contributed by atoms with Gasteiger partial charge in [-0.05, 0) is 62.2 Å². The molecule has 0 bridgehead atoms. The van der Waals surface area contributed by atoms with Crippen LogP contribution in [-0.2, 0) is 6.61 Å². The summed E-state index contributed by atoms with van der Waals surface area (Å²) in [4.78, 5) is 35.0. The Morgan fingerprint density at radius 1 is 1.00 bits per heavy atom. The summed E-state index contributed by atoms with van der Waals surface area (Å²) in [7, 11) is 0. The van der Waals surface area contributed by atoms with Crippen LogP contribution in [0.25, 0.3) is 11.0 Å². The molecule has 2 aromatic heterocycles. The van der Waals surface area contributed by atoms with Crippen molar-refractivity contribution in [2.75, 3.05) is 11.5 Å². The maximum atomic E-state index is 13.9. The van der Waals surface area contributed by atoms with E-state index in [0.717, 1.165) is 16.1 Å². The van der Waals surface area contributed by atoms with E-state index < -0.39 is 11.9 Å². The first kappa shape index (κ1) is 26.1. The Kier molecular flexibility index (Phi) is 6.82. The summed E-state index contributed by atoms with van der Waals surface area (Å²) < 4.78 is 18.1. The molecule has 3 aromatic carbocycles. The lowest BCUT2D eigenvalue weighted by molar-refractivity contribution is 0.0971. The number of rotatable bonds is 7. The zero-order valence-corrected chi connectivity index (χ0v) is 23.6. The van der Waals surface area contributed by atoms with Gasteiger partial charge < -0.3 is 13.9 Å². The normalized spacial score (nSPS) is 14.6. The number of carbonyl (C=O) groups is 1. The SMILES string of the molecule is CCOc1cc([C@H]2c3c(oc4ccc(Cl)cc4c3=O)C(=O)N2c2nc(C)c(C)s2)ccc1OCc1ccccc1. The minimum absolute atomic E-state index is 0.00214. The summed E-state index contributed by atoms with van der Waals surface area (Å²) in [6, 6.07) is 19.3. The topological polar surface area (TPSA) is 81.9 Å². The van der Waals surface area contributed by atoms with Gasteiger partial charge in [-0.3, -0.25) is 14.5 Å². The standard InChI is InChI=1S/C31H25ClN2O5S/c1-4-37-25-14-20(10-12-24(25)38-16-19-8-6-5-7-9-19)27-26-28(35)22-15-21(32)11-13-23(22)39-29(26)30(36)34(27)31-33-17(2)18(3)40-31/h5-15,27H,4,16H2,1-3H3/t27-/m0/s1. The number of hydrogen-bond acceptors (Lipinski definition) is 7. The summed E-state index contributed by atoms with van der Waals surface area (Å²) in [6.45, 7) is 6.51. The Morgan fingerprint density at radius 3 is 2.52 bits per heavy atom. The second kappa shape index (κ2) is 10.4. The number of anilines is 1. The quantitative estimate of drug-likeness (QED) is 0.204. The van der Waals surface area contributed by atoms with Crippen LogP contribution < -0.4 is 19.8 Å². The second-order valence-corrected chi connectivity index (χ2v) is 11.1. The van der Waals surface area contributed by atoms with Gasteiger partial charge in [-0.1, -0.05) is 48.0 Å². The molecule has 0 unspecified atom stereocenters. The number of aryl methyl sites for hydroxylation is 2. The van der Waals surface area contributed by atoms with E-state index in [4.69, 9.17) is 25.5 Å². The Bertz CT molecular complexity index is 1800. The largest absolute Gasteiger partial charge is 0.490 e. The molecule has 9 heteroatoms. The van der Waals surface area contributed by atoms with Crippen molar-refractivity contribution in [1.82, 2.24) is 4.98 Å². The third-order valence-corrected chi connectivity index (χ3v) is 8.18. The molecular formula is C31H25ClN2O5S. The summed E-state index contributed by atoms with van der Waals surface area (Å²) >= 11 is 7.61. The lowest BCUT2D eigenvalue weighted by Gasteiger charge is -2.23. The van der Waals surface area contributed by atoms with Gasteiger partial charge in [0, 0.05) is 9.90 Å². The fourth-order valence-electron chi connectivity index (χ4n) is 4.83. The summed E-state index contributed by atoms with van der Waals surface area (Å²) in [5, 5.41) is 1.20. The van der Waals surface area contributed by atoms with E-state index in [1.165, 1.54) is 16.2 Å². The summed E-state index contributed by atoms with van der Waals surface area (Å²) in [6.07, 6.45) is 0. The predicted octanol–water partition coefficient (Wildman–Crippen LogP) is 7.25. The van der Waals surface area contributed by atoms with Crippen LogP contribution in [0.3, 0.4) is 0 Å². The number of aromatic nitrogens is 1. The van der Waals surface area contributed by atoms with Crippen LogP contribution in [0.15, 0.2) is 75.9 Å². The van der Waals surface area contributed by atoms with Crippen molar-refractivity contribution in [2.45, 2.75) is 33.4 Å². The van der Waals surface area contributed by atoms with E-state index in [-0.39, 0.29) is 16.8 Å². The van der Waals surface area contributed by atoms with Gasteiger partial charge in [-0.25, -0.2) is 4.98 Å². The molecule has 7 nitrogen and oxygen atoms in total. The van der Waals surface area contributed by atoms with Crippen molar-refractivity contribution in [3.05, 3.63) is 115 Å². The first-order valence-electron chi connectivity index (χ1n) is 12.8. The van der Waals surface area contributed by atoms with Gasteiger partial charge >= 0.3 is 0 Å². The first-order valence-corrected chi connectivity index (χ1v) is 14.0. The van der Waals surface area contributed by atoms with Gasteiger partial charge in [0.1, 0.15) is 12.2 Å². The number of ether oxygens (including phenoxy) is 2. The molecule has 5 aromatic rings. The number of carbonyl (C=O) groups excluding carboxylic acids is 1. The highest BCUT2D eigenvalue weighted by molar-refractivity contribution is 7.15. The molecule has 6 rings (SSSR count). The molecule has 0 aliphatic carbocycles. The van der Waals surface area contributed by atoms with Crippen LogP contribution in [-0.4, -0.2) is 17.5 Å². The van der Waals surface area contributed by atoms with Crippen molar-refractivity contribution in [1.29, 1.82) is 0 Å². The average Bonchev–Trinajstić information content (AvgIpc) is 3.44. The van der Waals surface area contributed by atoms with Crippen molar-refractivity contribution in [3.63, 3.8) is 0 Å². The Morgan fingerprint density at radius 2 is 1.80 bits per heavy atom. The molecule has 202 valence electrons. The minimum atomic E-state index is -0.783. The number of amides is 1. The van der Waals surface area contributed by atoms with Crippen LogP contribution in [0, 0.1) is 13.8 Å². The van der Waals surface area contributed by atoms with Gasteiger partial charge in [0.05, 0.1) is 29.3 Å². The summed E-state index contributed by atoms with van der Waals surface area (Å²) in [5.41, 5.74) is 2.74. The molecule has 0 saturated heterocycles. The number of nitrogens with zero attached hydrogens (tertiary/aromatic N) is 2. The molecule has 0 N–H and O–H groups in total. The zero-order valence-electron chi connectivity index (χ0n) is 22.1. The van der Waals surface area contributed by atoms with Gasteiger partial charge in [0.2, 0.25) is 5.76 Å². The smallest absolute Gasteiger partial charge is 0.297 e. The van der Waals surface area contributed by atoms with E-state index in [9.17, 15) is 9.59 Å². The van der Waals surface area contributed by atoms with Gasteiger partial charge in [0.25, 0.3) is 5.91 Å². The Balaban J connectivity index is 1.51.